The molecule has 0 fully saturated rings. The molecule has 0 bridgehead atoms. The zero-order valence-corrected chi connectivity index (χ0v) is 12.4. The monoisotopic (exact) mass is 322 g/mol. The van der Waals surface area contributed by atoms with Crippen molar-refractivity contribution in [2.75, 3.05) is 11.9 Å². The smallest absolute Gasteiger partial charge is 0.251 e. The van der Waals surface area contributed by atoms with Crippen LogP contribution < -0.4 is 10.6 Å². The predicted octanol–water partition coefficient (Wildman–Crippen LogP) is 3.36. The first kappa shape index (κ1) is 15.4. The number of rotatable bonds is 4. The molecular formula is C15H12Cl2N2O2. The van der Waals surface area contributed by atoms with Gasteiger partial charge in [0.15, 0.2) is 0 Å². The number of hydrogen-bond acceptors (Lipinski definition) is 2. The molecule has 2 amide bonds. The van der Waals surface area contributed by atoms with Crippen LogP contribution in [0.5, 0.6) is 0 Å². The molecule has 2 aromatic rings. The number of benzene rings is 2. The van der Waals surface area contributed by atoms with Gasteiger partial charge in [-0.25, -0.2) is 0 Å². The second-order valence-corrected chi connectivity index (χ2v) is 5.06. The molecule has 4 nitrogen and oxygen atoms in total. The Morgan fingerprint density at radius 3 is 2.48 bits per heavy atom. The van der Waals surface area contributed by atoms with Crippen molar-refractivity contribution in [3.8, 4) is 0 Å². The molecule has 2 N–H and O–H groups in total. The predicted molar refractivity (Wildman–Crippen MR) is 83.9 cm³/mol. The maximum Gasteiger partial charge on any atom is 0.251 e. The summed E-state index contributed by atoms with van der Waals surface area (Å²) in [6, 6.07) is 13.4. The first-order chi connectivity index (χ1) is 10.1. The summed E-state index contributed by atoms with van der Waals surface area (Å²) in [6.45, 7) is -0.156. The third-order valence-electron chi connectivity index (χ3n) is 2.64. The van der Waals surface area contributed by atoms with E-state index >= 15 is 0 Å². The molecule has 0 atom stereocenters. The third-order valence-corrected chi connectivity index (χ3v) is 3.21. The van der Waals surface area contributed by atoms with Gasteiger partial charge in [-0.3, -0.25) is 9.59 Å². The van der Waals surface area contributed by atoms with Crippen molar-refractivity contribution in [2.24, 2.45) is 0 Å². The van der Waals surface area contributed by atoms with Crippen LogP contribution in [0.2, 0.25) is 10.0 Å². The summed E-state index contributed by atoms with van der Waals surface area (Å²) in [4.78, 5) is 23.6. The van der Waals surface area contributed by atoms with Crippen molar-refractivity contribution < 1.29 is 9.59 Å². The Hall–Kier alpha value is -2.04. The fraction of sp³-hybridized carbons (Fsp3) is 0.0667. The topological polar surface area (TPSA) is 58.2 Å². The van der Waals surface area contributed by atoms with Gasteiger partial charge in [0.1, 0.15) is 0 Å². The summed E-state index contributed by atoms with van der Waals surface area (Å²) < 4.78 is 0. The zero-order valence-electron chi connectivity index (χ0n) is 10.9. The minimum absolute atomic E-state index is 0.156. The lowest BCUT2D eigenvalue weighted by Crippen LogP contribution is -2.32. The van der Waals surface area contributed by atoms with E-state index in [1.54, 1.807) is 42.5 Å². The fourth-order valence-electron chi connectivity index (χ4n) is 1.65. The molecule has 0 saturated carbocycles. The van der Waals surface area contributed by atoms with E-state index in [0.29, 0.717) is 21.3 Å². The largest absolute Gasteiger partial charge is 0.343 e. The first-order valence-electron chi connectivity index (χ1n) is 6.14. The van der Waals surface area contributed by atoms with E-state index < -0.39 is 0 Å². The minimum Gasteiger partial charge on any atom is -0.343 e. The Balaban J connectivity index is 1.90. The molecule has 0 saturated heterocycles. The van der Waals surface area contributed by atoms with Crippen LogP contribution in [0.3, 0.4) is 0 Å². The molecule has 0 aliphatic rings. The average molecular weight is 323 g/mol. The lowest BCUT2D eigenvalue weighted by molar-refractivity contribution is -0.115. The molecule has 0 aliphatic carbocycles. The van der Waals surface area contributed by atoms with Crippen LogP contribution in [-0.4, -0.2) is 18.4 Å². The fourth-order valence-corrected chi connectivity index (χ4v) is 2.02. The molecule has 0 radical (unpaired) electrons. The third kappa shape index (κ3) is 4.48. The first-order valence-corrected chi connectivity index (χ1v) is 6.90. The molecule has 0 aliphatic heterocycles. The Morgan fingerprint density at radius 1 is 1.00 bits per heavy atom. The van der Waals surface area contributed by atoms with E-state index in [-0.39, 0.29) is 18.4 Å². The number of anilines is 1. The summed E-state index contributed by atoms with van der Waals surface area (Å²) in [5.41, 5.74) is 0.897. The molecule has 108 valence electrons. The van der Waals surface area contributed by atoms with Gasteiger partial charge in [0.25, 0.3) is 5.91 Å². The van der Waals surface area contributed by atoms with E-state index in [1.165, 1.54) is 6.07 Å². The van der Waals surface area contributed by atoms with Gasteiger partial charge in [0.05, 0.1) is 17.3 Å². The Morgan fingerprint density at radius 2 is 1.76 bits per heavy atom. The maximum absolute atomic E-state index is 11.8. The number of amides is 2. The van der Waals surface area contributed by atoms with Crippen LogP contribution in [0.4, 0.5) is 5.69 Å². The van der Waals surface area contributed by atoms with Crippen molar-refractivity contribution in [1.29, 1.82) is 0 Å². The summed E-state index contributed by atoms with van der Waals surface area (Å²) in [5.74, 6) is -0.731. The summed E-state index contributed by atoms with van der Waals surface area (Å²) >= 11 is 11.7. The standard InChI is InChI=1S/C15H12Cl2N2O2/c16-11-5-3-4-10(8-11)15(21)18-9-14(20)19-13-7-2-1-6-12(13)17/h1-8H,9H2,(H,18,21)(H,19,20). The molecule has 0 unspecified atom stereocenters. The number of nitrogens with one attached hydrogen (secondary N) is 2. The highest BCUT2D eigenvalue weighted by molar-refractivity contribution is 6.33. The van der Waals surface area contributed by atoms with Gasteiger partial charge >= 0.3 is 0 Å². The van der Waals surface area contributed by atoms with Crippen LogP contribution in [0.15, 0.2) is 48.5 Å². The second kappa shape index (κ2) is 7.11. The van der Waals surface area contributed by atoms with E-state index in [9.17, 15) is 9.59 Å². The van der Waals surface area contributed by atoms with E-state index in [0.717, 1.165) is 0 Å². The van der Waals surface area contributed by atoms with E-state index in [1.807, 2.05) is 0 Å². The lowest BCUT2D eigenvalue weighted by Gasteiger charge is -2.08. The number of carbonyl (C=O) groups is 2. The number of para-hydroxylation sites is 1. The molecule has 0 heterocycles. The average Bonchev–Trinajstić information content (AvgIpc) is 2.47. The van der Waals surface area contributed by atoms with E-state index in [4.69, 9.17) is 23.2 Å². The second-order valence-electron chi connectivity index (χ2n) is 4.22. The maximum atomic E-state index is 11.8. The number of halogens is 2. The van der Waals surface area contributed by atoms with Gasteiger partial charge < -0.3 is 10.6 Å². The Bertz CT molecular complexity index is 674. The Kier molecular flexibility index (Phi) is 5.20. The van der Waals surface area contributed by atoms with Gasteiger partial charge in [-0.05, 0) is 30.3 Å². The summed E-state index contributed by atoms with van der Waals surface area (Å²) in [7, 11) is 0. The van der Waals surface area contributed by atoms with Crippen molar-refractivity contribution in [2.45, 2.75) is 0 Å². The lowest BCUT2D eigenvalue weighted by atomic mass is 10.2. The highest BCUT2D eigenvalue weighted by Crippen LogP contribution is 2.20. The van der Waals surface area contributed by atoms with Gasteiger partial charge in [-0.2, -0.15) is 0 Å². The molecule has 0 aromatic heterocycles. The molecule has 6 heteroatoms. The van der Waals surface area contributed by atoms with Crippen molar-refractivity contribution in [1.82, 2.24) is 5.32 Å². The van der Waals surface area contributed by atoms with Gasteiger partial charge in [-0.15, -0.1) is 0 Å². The molecule has 2 aromatic carbocycles. The minimum atomic E-state index is -0.369. The van der Waals surface area contributed by atoms with E-state index in [2.05, 4.69) is 10.6 Å². The summed E-state index contributed by atoms with van der Waals surface area (Å²) in [5, 5.41) is 6.03. The summed E-state index contributed by atoms with van der Waals surface area (Å²) in [6.07, 6.45) is 0. The Labute approximate surface area is 132 Å². The molecule has 0 spiro atoms. The zero-order chi connectivity index (χ0) is 15.2. The number of hydrogen-bond donors (Lipinski definition) is 2. The SMILES string of the molecule is O=C(CNC(=O)c1cccc(Cl)c1)Nc1ccccc1Cl. The van der Waals surface area contributed by atoms with Crippen LogP contribution in [0, 0.1) is 0 Å². The van der Waals surface area contributed by atoms with Gasteiger partial charge in [0.2, 0.25) is 5.91 Å². The van der Waals surface area contributed by atoms with Crippen molar-refractivity contribution in [3.63, 3.8) is 0 Å². The highest BCUT2D eigenvalue weighted by Gasteiger charge is 2.09. The van der Waals surface area contributed by atoms with Crippen LogP contribution in [-0.2, 0) is 4.79 Å². The highest BCUT2D eigenvalue weighted by atomic mass is 35.5. The van der Waals surface area contributed by atoms with Crippen LogP contribution in [0.25, 0.3) is 0 Å². The quantitative estimate of drug-likeness (QED) is 0.906. The normalized spacial score (nSPS) is 10.0. The van der Waals surface area contributed by atoms with Crippen molar-refractivity contribution in [3.05, 3.63) is 64.1 Å². The van der Waals surface area contributed by atoms with Gasteiger partial charge in [-0.1, -0.05) is 41.4 Å². The molecule has 2 rings (SSSR count). The number of carbonyl (C=O) groups excluding carboxylic acids is 2. The van der Waals surface area contributed by atoms with Crippen LogP contribution in [0.1, 0.15) is 10.4 Å². The molecule has 21 heavy (non-hydrogen) atoms. The van der Waals surface area contributed by atoms with Crippen molar-refractivity contribution >= 4 is 40.7 Å². The van der Waals surface area contributed by atoms with Gasteiger partial charge in [0, 0.05) is 10.6 Å². The van der Waals surface area contributed by atoms with Crippen LogP contribution >= 0.6 is 23.2 Å². The molecular weight excluding hydrogens is 311 g/mol.